The molecule has 3 heterocycles. The van der Waals surface area contributed by atoms with Crippen LogP contribution in [0.1, 0.15) is 34.5 Å². The average Bonchev–Trinajstić information content (AvgIpc) is 2.90. The Bertz CT molecular complexity index is 1290. The molecule has 0 bridgehead atoms. The molecule has 0 radical (unpaired) electrons. The molecule has 0 saturated carbocycles. The lowest BCUT2D eigenvalue weighted by molar-refractivity contribution is -0.658. The van der Waals surface area contributed by atoms with Gasteiger partial charge in [-0.1, -0.05) is 12.1 Å². The predicted molar refractivity (Wildman–Crippen MR) is 136 cm³/mol. The number of anilines is 3. The minimum absolute atomic E-state index is 0.168. The lowest BCUT2D eigenvalue weighted by Gasteiger charge is -2.31. The van der Waals surface area contributed by atoms with Crippen molar-refractivity contribution in [3.63, 3.8) is 0 Å². The fourth-order valence-electron chi connectivity index (χ4n) is 4.81. The Balaban J connectivity index is 1.18. The van der Waals surface area contributed by atoms with Crippen molar-refractivity contribution in [1.29, 1.82) is 0 Å². The maximum Gasteiger partial charge on any atom is 0.322 e. The number of aromatic nitrogens is 2. The zero-order valence-corrected chi connectivity index (χ0v) is 20.3. The van der Waals surface area contributed by atoms with Crippen molar-refractivity contribution < 1.29 is 18.5 Å². The third kappa shape index (κ3) is 5.15. The molecule has 3 amide bonds. The van der Waals surface area contributed by atoms with E-state index in [1.54, 1.807) is 29.3 Å². The summed E-state index contributed by atoms with van der Waals surface area (Å²) >= 11 is 0. The maximum absolute atomic E-state index is 13.8. The van der Waals surface area contributed by atoms with E-state index in [2.05, 4.69) is 20.5 Å². The van der Waals surface area contributed by atoms with E-state index in [-0.39, 0.29) is 17.6 Å². The second-order valence-corrected chi connectivity index (χ2v) is 9.26. The van der Waals surface area contributed by atoms with Crippen molar-refractivity contribution in [1.82, 2.24) is 9.88 Å². The van der Waals surface area contributed by atoms with Gasteiger partial charge in [-0.05, 0) is 55.5 Å². The van der Waals surface area contributed by atoms with E-state index in [0.29, 0.717) is 37.4 Å². The van der Waals surface area contributed by atoms with Gasteiger partial charge in [0, 0.05) is 18.0 Å². The van der Waals surface area contributed by atoms with Gasteiger partial charge in [-0.2, -0.15) is 0 Å². The summed E-state index contributed by atoms with van der Waals surface area (Å²) in [6.45, 7) is 2.32. The van der Waals surface area contributed by atoms with Gasteiger partial charge in [-0.3, -0.25) is 14.7 Å². The third-order valence-corrected chi connectivity index (χ3v) is 6.80. The molecule has 0 unspecified atom stereocenters. The van der Waals surface area contributed by atoms with Gasteiger partial charge >= 0.3 is 6.03 Å². The minimum Gasteiger partial charge on any atom is -0.319 e. The van der Waals surface area contributed by atoms with Crippen LogP contribution in [0.3, 0.4) is 0 Å². The highest BCUT2D eigenvalue weighted by molar-refractivity contribution is 6.04. The zero-order chi connectivity index (χ0) is 25.1. The second-order valence-electron chi connectivity index (χ2n) is 9.26. The number of para-hydroxylation sites is 1. The first-order valence-electron chi connectivity index (χ1n) is 12.3. The number of nitrogens with zero attached hydrogens (tertiary/aromatic N) is 4. The number of carbonyl (C=O) groups excluding carboxylic acids is 2. The van der Waals surface area contributed by atoms with Gasteiger partial charge in [0.05, 0.1) is 37.1 Å². The monoisotopic (exact) mass is 489 g/mol. The van der Waals surface area contributed by atoms with Crippen LogP contribution in [-0.4, -0.2) is 48.0 Å². The molecule has 186 valence electrons. The molecule has 3 aromatic rings. The van der Waals surface area contributed by atoms with Crippen LogP contribution < -0.4 is 20.1 Å². The van der Waals surface area contributed by atoms with Gasteiger partial charge in [-0.25, -0.2) is 13.8 Å². The van der Waals surface area contributed by atoms with E-state index >= 15 is 0 Å². The number of piperazine rings is 1. The molecule has 1 aromatic carbocycles. The Morgan fingerprint density at radius 3 is 2.56 bits per heavy atom. The molecule has 2 aromatic heterocycles. The number of amides is 3. The molecule has 2 aliphatic rings. The topological polar surface area (TPSA) is 81.5 Å². The molecular formula is C27H30FN6O2+. The Morgan fingerprint density at radius 2 is 1.78 bits per heavy atom. The predicted octanol–water partition coefficient (Wildman–Crippen LogP) is 3.53. The van der Waals surface area contributed by atoms with E-state index in [4.69, 9.17) is 0 Å². The second kappa shape index (κ2) is 10.3. The standard InChI is InChI=1S/C27H29FN6O2/c1-32-18-21(30-26(35)20-16-19-6-2-4-8-23(19)29-17-20)10-11-25(32)33-12-14-34(15-13-33)27(36)31-24-9-5-3-7-22(24)28/h3,5,7,9-11,16-18H,2,4,6,8,12-15H2,1H3,(H-,30,31,35,36)/p+1. The fraction of sp³-hybridized carbons (Fsp3) is 0.333. The van der Waals surface area contributed by atoms with E-state index < -0.39 is 5.82 Å². The number of urea groups is 1. The zero-order valence-electron chi connectivity index (χ0n) is 20.3. The summed E-state index contributed by atoms with van der Waals surface area (Å²) in [6, 6.07) is 11.7. The number of hydrogen-bond donors (Lipinski definition) is 2. The summed E-state index contributed by atoms with van der Waals surface area (Å²) in [5.74, 6) is 0.363. The fourth-order valence-corrected chi connectivity index (χ4v) is 4.81. The number of pyridine rings is 2. The Morgan fingerprint density at radius 1 is 1.00 bits per heavy atom. The van der Waals surface area contributed by atoms with E-state index in [0.717, 1.165) is 37.2 Å². The van der Waals surface area contributed by atoms with Gasteiger partial charge in [-0.15, -0.1) is 0 Å². The maximum atomic E-state index is 13.8. The number of carbonyl (C=O) groups is 2. The quantitative estimate of drug-likeness (QED) is 0.550. The molecule has 9 heteroatoms. The molecule has 1 aliphatic carbocycles. The molecule has 5 rings (SSSR count). The van der Waals surface area contributed by atoms with Crippen LogP contribution in [-0.2, 0) is 19.9 Å². The number of nitrogens with one attached hydrogen (secondary N) is 2. The smallest absolute Gasteiger partial charge is 0.319 e. The van der Waals surface area contributed by atoms with Crippen LogP contribution in [0.25, 0.3) is 0 Å². The average molecular weight is 490 g/mol. The molecule has 0 atom stereocenters. The van der Waals surface area contributed by atoms with Crippen LogP contribution in [0.5, 0.6) is 0 Å². The largest absolute Gasteiger partial charge is 0.322 e. The summed E-state index contributed by atoms with van der Waals surface area (Å²) in [5.41, 5.74) is 3.74. The molecule has 0 spiro atoms. The van der Waals surface area contributed by atoms with Crippen LogP contribution in [0.15, 0.2) is 54.9 Å². The SMILES string of the molecule is C[n+]1cc(NC(=O)c2cnc3c(c2)CCCC3)ccc1N1CCN(C(=O)Nc2ccccc2F)CC1. The van der Waals surface area contributed by atoms with Gasteiger partial charge in [0.2, 0.25) is 0 Å². The van der Waals surface area contributed by atoms with Crippen molar-refractivity contribution in [2.45, 2.75) is 25.7 Å². The Labute approximate surface area is 209 Å². The van der Waals surface area contributed by atoms with Crippen LogP contribution >= 0.6 is 0 Å². The number of benzene rings is 1. The van der Waals surface area contributed by atoms with Crippen molar-refractivity contribution in [2.24, 2.45) is 7.05 Å². The van der Waals surface area contributed by atoms with Crippen molar-refractivity contribution in [3.05, 3.63) is 77.5 Å². The summed E-state index contributed by atoms with van der Waals surface area (Å²) < 4.78 is 15.8. The number of aryl methyl sites for hydroxylation is 3. The molecule has 8 nitrogen and oxygen atoms in total. The summed E-state index contributed by atoms with van der Waals surface area (Å²) in [7, 11) is 1.93. The van der Waals surface area contributed by atoms with E-state index in [1.165, 1.54) is 11.6 Å². The number of fused-ring (bicyclic) bond motifs is 1. The number of halogens is 1. The van der Waals surface area contributed by atoms with E-state index in [9.17, 15) is 14.0 Å². The normalized spacial score (nSPS) is 15.3. The Kier molecular flexibility index (Phi) is 6.79. The first-order valence-corrected chi connectivity index (χ1v) is 12.3. The third-order valence-electron chi connectivity index (χ3n) is 6.80. The van der Waals surface area contributed by atoms with Gasteiger partial charge in [0.1, 0.15) is 25.1 Å². The van der Waals surface area contributed by atoms with Crippen molar-refractivity contribution >= 4 is 29.1 Å². The molecule has 1 aliphatic heterocycles. The van der Waals surface area contributed by atoms with Gasteiger partial charge < -0.3 is 15.5 Å². The molecule has 1 fully saturated rings. The van der Waals surface area contributed by atoms with Crippen LogP contribution in [0.2, 0.25) is 0 Å². The first-order chi connectivity index (χ1) is 17.5. The Hall–Kier alpha value is -4.01. The van der Waals surface area contributed by atoms with Crippen LogP contribution in [0, 0.1) is 5.82 Å². The summed E-state index contributed by atoms with van der Waals surface area (Å²) in [6.07, 6.45) is 7.81. The van der Waals surface area contributed by atoms with Gasteiger partial charge in [0.25, 0.3) is 11.7 Å². The highest BCUT2D eigenvalue weighted by Gasteiger charge is 2.28. The lowest BCUT2D eigenvalue weighted by Crippen LogP contribution is -2.53. The summed E-state index contributed by atoms with van der Waals surface area (Å²) in [5, 5.41) is 5.62. The minimum atomic E-state index is -0.452. The molecule has 1 saturated heterocycles. The number of rotatable bonds is 4. The highest BCUT2D eigenvalue weighted by atomic mass is 19.1. The highest BCUT2D eigenvalue weighted by Crippen LogP contribution is 2.21. The van der Waals surface area contributed by atoms with Crippen molar-refractivity contribution in [3.8, 4) is 0 Å². The van der Waals surface area contributed by atoms with E-state index in [1.807, 2.05) is 36.0 Å². The molecule has 36 heavy (non-hydrogen) atoms. The summed E-state index contributed by atoms with van der Waals surface area (Å²) in [4.78, 5) is 33.7. The van der Waals surface area contributed by atoms with Crippen LogP contribution in [0.4, 0.5) is 26.4 Å². The van der Waals surface area contributed by atoms with Gasteiger partial charge in [0.15, 0.2) is 0 Å². The molecule has 2 N–H and O–H groups in total. The number of hydrogen-bond acceptors (Lipinski definition) is 4. The molecular weight excluding hydrogens is 459 g/mol. The van der Waals surface area contributed by atoms with Crippen molar-refractivity contribution in [2.75, 3.05) is 41.7 Å². The first kappa shape index (κ1) is 23.7. The lowest BCUT2D eigenvalue weighted by atomic mass is 9.95.